The van der Waals surface area contributed by atoms with Crippen LogP contribution >= 0.6 is 0 Å². The number of hydrogen-bond acceptors (Lipinski definition) is 3. The van der Waals surface area contributed by atoms with E-state index >= 15 is 0 Å². The summed E-state index contributed by atoms with van der Waals surface area (Å²) in [6.45, 7) is 5.90. The van der Waals surface area contributed by atoms with E-state index in [1.54, 1.807) is 0 Å². The SMILES string of the molecule is Cc1[nH]ccc1C(=O)N1CCC2(CCC(=O)N(C[C@H]3CCCO3)C2)CC1. The standard InChI is InChI=1S/C20H29N3O3/c1-15-17(5-9-21-15)19(25)22-10-7-20(8-11-22)6-4-18(24)23(14-20)13-16-3-2-12-26-16/h5,9,16,21H,2-4,6-8,10-14H2,1H3/t16-/m1/s1. The summed E-state index contributed by atoms with van der Waals surface area (Å²) in [6, 6.07) is 1.87. The summed E-state index contributed by atoms with van der Waals surface area (Å²) in [7, 11) is 0. The first kappa shape index (κ1) is 17.6. The average molecular weight is 359 g/mol. The van der Waals surface area contributed by atoms with Crippen molar-refractivity contribution >= 4 is 11.8 Å². The van der Waals surface area contributed by atoms with E-state index in [0.29, 0.717) is 6.42 Å². The maximum atomic E-state index is 12.7. The Balaban J connectivity index is 1.37. The number of nitrogens with zero attached hydrogens (tertiary/aromatic N) is 2. The molecule has 3 saturated heterocycles. The van der Waals surface area contributed by atoms with Crippen LogP contribution in [0, 0.1) is 12.3 Å². The molecule has 2 amide bonds. The van der Waals surface area contributed by atoms with E-state index in [4.69, 9.17) is 4.74 Å². The molecule has 0 aliphatic carbocycles. The third-order valence-corrected chi connectivity index (χ3v) is 6.49. The molecule has 26 heavy (non-hydrogen) atoms. The van der Waals surface area contributed by atoms with Crippen molar-refractivity contribution in [2.75, 3.05) is 32.8 Å². The fraction of sp³-hybridized carbons (Fsp3) is 0.700. The highest BCUT2D eigenvalue weighted by molar-refractivity contribution is 5.95. The molecule has 3 fully saturated rings. The number of H-pyrrole nitrogens is 1. The Bertz CT molecular complexity index is 670. The highest BCUT2D eigenvalue weighted by Crippen LogP contribution is 2.40. The van der Waals surface area contributed by atoms with E-state index < -0.39 is 0 Å². The number of likely N-dealkylation sites (tertiary alicyclic amines) is 2. The molecule has 0 bridgehead atoms. The molecule has 0 aromatic carbocycles. The van der Waals surface area contributed by atoms with Crippen molar-refractivity contribution in [3.05, 3.63) is 23.5 Å². The fourth-order valence-corrected chi connectivity index (χ4v) is 4.75. The van der Waals surface area contributed by atoms with Gasteiger partial charge in [-0.05, 0) is 50.5 Å². The van der Waals surface area contributed by atoms with Crippen LogP contribution in [-0.4, -0.2) is 65.5 Å². The van der Waals surface area contributed by atoms with Crippen LogP contribution < -0.4 is 0 Å². The van der Waals surface area contributed by atoms with E-state index in [1.807, 2.05) is 29.0 Å². The molecule has 3 aliphatic rings. The number of aromatic amines is 1. The van der Waals surface area contributed by atoms with Gasteiger partial charge in [0.2, 0.25) is 5.91 Å². The van der Waals surface area contributed by atoms with E-state index in [9.17, 15) is 9.59 Å². The van der Waals surface area contributed by atoms with Crippen LogP contribution in [0.1, 0.15) is 54.6 Å². The van der Waals surface area contributed by atoms with E-state index in [1.165, 1.54) is 0 Å². The lowest BCUT2D eigenvalue weighted by molar-refractivity contribution is -0.141. The van der Waals surface area contributed by atoms with Gasteiger partial charge in [-0.2, -0.15) is 0 Å². The quantitative estimate of drug-likeness (QED) is 0.901. The Morgan fingerprint density at radius 1 is 1.35 bits per heavy atom. The molecule has 142 valence electrons. The molecule has 1 spiro atoms. The second-order valence-electron chi connectivity index (χ2n) is 8.22. The van der Waals surface area contributed by atoms with Gasteiger partial charge in [0.05, 0.1) is 11.7 Å². The zero-order valence-corrected chi connectivity index (χ0v) is 15.6. The molecule has 0 unspecified atom stereocenters. The Hall–Kier alpha value is -1.82. The number of piperidine rings is 2. The number of aryl methyl sites for hydroxylation is 1. The zero-order chi connectivity index (χ0) is 18.1. The minimum Gasteiger partial charge on any atom is -0.376 e. The number of hydrogen-bond donors (Lipinski definition) is 1. The van der Waals surface area contributed by atoms with Gasteiger partial charge >= 0.3 is 0 Å². The van der Waals surface area contributed by atoms with Gasteiger partial charge in [0.15, 0.2) is 0 Å². The van der Waals surface area contributed by atoms with Gasteiger partial charge in [-0.25, -0.2) is 0 Å². The first-order chi connectivity index (χ1) is 12.6. The molecule has 1 N–H and O–H groups in total. The summed E-state index contributed by atoms with van der Waals surface area (Å²) in [5.74, 6) is 0.397. The van der Waals surface area contributed by atoms with Crippen LogP contribution in [0.25, 0.3) is 0 Å². The second kappa shape index (κ2) is 7.06. The Labute approximate surface area is 154 Å². The summed E-state index contributed by atoms with van der Waals surface area (Å²) in [6.07, 6.45) is 7.77. The molecular weight excluding hydrogens is 330 g/mol. The van der Waals surface area contributed by atoms with Crippen molar-refractivity contribution in [1.82, 2.24) is 14.8 Å². The lowest BCUT2D eigenvalue weighted by Crippen LogP contribution is -2.53. The second-order valence-corrected chi connectivity index (χ2v) is 8.22. The topological polar surface area (TPSA) is 65.6 Å². The van der Waals surface area contributed by atoms with Crippen LogP contribution in [0.4, 0.5) is 0 Å². The first-order valence-electron chi connectivity index (χ1n) is 9.89. The minimum atomic E-state index is 0.127. The summed E-state index contributed by atoms with van der Waals surface area (Å²) < 4.78 is 5.73. The van der Waals surface area contributed by atoms with Crippen LogP contribution in [0.5, 0.6) is 0 Å². The number of aromatic nitrogens is 1. The van der Waals surface area contributed by atoms with Crippen molar-refractivity contribution in [3.63, 3.8) is 0 Å². The van der Waals surface area contributed by atoms with Crippen LogP contribution in [0.15, 0.2) is 12.3 Å². The normalized spacial score (nSPS) is 25.9. The summed E-state index contributed by atoms with van der Waals surface area (Å²) in [5.41, 5.74) is 1.89. The molecule has 6 nitrogen and oxygen atoms in total. The van der Waals surface area contributed by atoms with Crippen molar-refractivity contribution in [2.45, 2.75) is 51.6 Å². The van der Waals surface area contributed by atoms with E-state index in [0.717, 1.165) is 76.1 Å². The molecule has 0 radical (unpaired) electrons. The number of carbonyl (C=O) groups is 2. The predicted octanol–water partition coefficient (Wildman–Crippen LogP) is 2.35. The molecule has 4 rings (SSSR count). The van der Waals surface area contributed by atoms with Gasteiger partial charge in [-0.15, -0.1) is 0 Å². The molecule has 4 heterocycles. The monoisotopic (exact) mass is 359 g/mol. The van der Waals surface area contributed by atoms with Crippen LogP contribution in [-0.2, 0) is 9.53 Å². The van der Waals surface area contributed by atoms with Crippen LogP contribution in [0.2, 0.25) is 0 Å². The number of nitrogens with one attached hydrogen (secondary N) is 1. The number of carbonyl (C=O) groups excluding carboxylic acids is 2. The van der Waals surface area contributed by atoms with Crippen molar-refractivity contribution < 1.29 is 14.3 Å². The summed E-state index contributed by atoms with van der Waals surface area (Å²) >= 11 is 0. The minimum absolute atomic E-state index is 0.127. The number of rotatable bonds is 3. The van der Waals surface area contributed by atoms with E-state index in [2.05, 4.69) is 4.98 Å². The lowest BCUT2D eigenvalue weighted by atomic mass is 9.72. The molecule has 1 aromatic heterocycles. The summed E-state index contributed by atoms with van der Waals surface area (Å²) in [5, 5.41) is 0. The molecule has 1 aromatic rings. The first-order valence-corrected chi connectivity index (χ1v) is 9.89. The highest BCUT2D eigenvalue weighted by atomic mass is 16.5. The van der Waals surface area contributed by atoms with Gasteiger partial charge in [-0.1, -0.05) is 0 Å². The largest absolute Gasteiger partial charge is 0.376 e. The number of amides is 2. The van der Waals surface area contributed by atoms with Crippen molar-refractivity contribution in [2.24, 2.45) is 5.41 Å². The Morgan fingerprint density at radius 2 is 2.15 bits per heavy atom. The van der Waals surface area contributed by atoms with Gasteiger partial charge in [0, 0.05) is 51.1 Å². The molecule has 6 heteroatoms. The predicted molar refractivity (Wildman–Crippen MR) is 97.9 cm³/mol. The third kappa shape index (κ3) is 3.39. The van der Waals surface area contributed by atoms with Gasteiger partial charge < -0.3 is 19.5 Å². The lowest BCUT2D eigenvalue weighted by Gasteiger charge is -2.47. The van der Waals surface area contributed by atoms with Crippen molar-refractivity contribution in [3.8, 4) is 0 Å². The maximum Gasteiger partial charge on any atom is 0.255 e. The molecule has 1 atom stereocenters. The molecular formula is C20H29N3O3. The number of ether oxygens (including phenoxy) is 1. The fourth-order valence-electron chi connectivity index (χ4n) is 4.75. The van der Waals surface area contributed by atoms with Gasteiger partial charge in [0.1, 0.15) is 0 Å². The van der Waals surface area contributed by atoms with Gasteiger partial charge in [0.25, 0.3) is 5.91 Å². The zero-order valence-electron chi connectivity index (χ0n) is 15.6. The van der Waals surface area contributed by atoms with Crippen molar-refractivity contribution in [1.29, 1.82) is 0 Å². The smallest absolute Gasteiger partial charge is 0.255 e. The average Bonchev–Trinajstić information content (AvgIpc) is 3.30. The molecule has 0 saturated carbocycles. The highest BCUT2D eigenvalue weighted by Gasteiger charge is 2.42. The van der Waals surface area contributed by atoms with E-state index in [-0.39, 0.29) is 23.3 Å². The maximum absolute atomic E-state index is 12.7. The Kier molecular flexibility index (Phi) is 4.78. The van der Waals surface area contributed by atoms with Crippen LogP contribution in [0.3, 0.4) is 0 Å². The van der Waals surface area contributed by atoms with Gasteiger partial charge in [-0.3, -0.25) is 9.59 Å². The summed E-state index contributed by atoms with van der Waals surface area (Å²) in [4.78, 5) is 32.2. The third-order valence-electron chi connectivity index (χ3n) is 6.49. The Morgan fingerprint density at radius 3 is 2.81 bits per heavy atom. The molecule has 3 aliphatic heterocycles.